The van der Waals surface area contributed by atoms with Crippen molar-refractivity contribution in [3.05, 3.63) is 47.3 Å². The molecular formula is C13H19FN2. The third kappa shape index (κ3) is 3.43. The van der Waals surface area contributed by atoms with Crippen LogP contribution < -0.4 is 11.1 Å². The van der Waals surface area contributed by atoms with Crippen molar-refractivity contribution < 1.29 is 4.39 Å². The van der Waals surface area contributed by atoms with E-state index in [1.807, 2.05) is 13.8 Å². The van der Waals surface area contributed by atoms with Gasteiger partial charge in [-0.05, 0) is 37.1 Å². The number of halogens is 1. The molecule has 3 heteroatoms. The van der Waals surface area contributed by atoms with E-state index in [1.54, 1.807) is 6.07 Å². The van der Waals surface area contributed by atoms with Crippen molar-refractivity contribution in [2.75, 3.05) is 13.1 Å². The fourth-order valence-corrected chi connectivity index (χ4v) is 1.65. The number of benzene rings is 1. The lowest BCUT2D eigenvalue weighted by atomic mass is 10.0. The van der Waals surface area contributed by atoms with E-state index in [4.69, 9.17) is 5.73 Å². The summed E-state index contributed by atoms with van der Waals surface area (Å²) >= 11 is 0. The number of aryl methyl sites for hydroxylation is 1. The van der Waals surface area contributed by atoms with Gasteiger partial charge in [0.05, 0.1) is 0 Å². The Labute approximate surface area is 96.4 Å². The van der Waals surface area contributed by atoms with E-state index in [0.717, 1.165) is 23.2 Å². The van der Waals surface area contributed by atoms with Crippen molar-refractivity contribution in [1.82, 2.24) is 5.32 Å². The summed E-state index contributed by atoms with van der Waals surface area (Å²) in [5.74, 6) is -0.211. The van der Waals surface area contributed by atoms with Gasteiger partial charge in [0.15, 0.2) is 0 Å². The third-order valence-corrected chi connectivity index (χ3v) is 2.49. The molecule has 0 saturated carbocycles. The van der Waals surface area contributed by atoms with Gasteiger partial charge in [0.1, 0.15) is 5.82 Å². The molecule has 0 aliphatic heterocycles. The molecule has 2 nitrogen and oxygen atoms in total. The molecule has 1 rings (SSSR count). The van der Waals surface area contributed by atoms with Crippen LogP contribution in [0.3, 0.4) is 0 Å². The second-order valence-electron chi connectivity index (χ2n) is 4.13. The molecule has 0 aliphatic carbocycles. The number of nitrogens with one attached hydrogen (secondary N) is 1. The Morgan fingerprint density at radius 3 is 2.75 bits per heavy atom. The maximum Gasteiger partial charge on any atom is 0.123 e. The average molecular weight is 222 g/mol. The largest absolute Gasteiger partial charge is 0.329 e. The highest BCUT2D eigenvalue weighted by Crippen LogP contribution is 2.18. The Balaban J connectivity index is 2.82. The molecule has 0 saturated heterocycles. The van der Waals surface area contributed by atoms with Gasteiger partial charge in [-0.2, -0.15) is 0 Å². The minimum absolute atomic E-state index is 0.0531. The molecule has 0 aliphatic rings. The van der Waals surface area contributed by atoms with Crippen LogP contribution in [0.2, 0.25) is 0 Å². The first-order valence-corrected chi connectivity index (χ1v) is 5.38. The quantitative estimate of drug-likeness (QED) is 0.750. The standard InChI is InChI=1S/C13H19FN2/c1-9(2)8-16-13(7-15)12-5-4-11(14)6-10(12)3/h4-6,13,16H,1,7-8,15H2,2-3H3. The van der Waals surface area contributed by atoms with Gasteiger partial charge >= 0.3 is 0 Å². The van der Waals surface area contributed by atoms with E-state index < -0.39 is 0 Å². The van der Waals surface area contributed by atoms with Crippen LogP contribution in [0.4, 0.5) is 4.39 Å². The first-order chi connectivity index (χ1) is 7.54. The lowest BCUT2D eigenvalue weighted by molar-refractivity contribution is 0.563. The van der Waals surface area contributed by atoms with Gasteiger partial charge in [0, 0.05) is 19.1 Å². The van der Waals surface area contributed by atoms with Crippen molar-refractivity contribution >= 4 is 0 Å². The predicted molar refractivity (Wildman–Crippen MR) is 65.7 cm³/mol. The zero-order valence-electron chi connectivity index (χ0n) is 9.89. The van der Waals surface area contributed by atoms with E-state index in [-0.39, 0.29) is 11.9 Å². The van der Waals surface area contributed by atoms with Crippen molar-refractivity contribution in [3.8, 4) is 0 Å². The Morgan fingerprint density at radius 1 is 1.56 bits per heavy atom. The summed E-state index contributed by atoms with van der Waals surface area (Å²) < 4.78 is 13.0. The maximum absolute atomic E-state index is 13.0. The van der Waals surface area contributed by atoms with Gasteiger partial charge in [-0.15, -0.1) is 0 Å². The summed E-state index contributed by atoms with van der Waals surface area (Å²) in [7, 11) is 0. The molecule has 0 spiro atoms. The minimum Gasteiger partial charge on any atom is -0.329 e. The molecule has 1 atom stereocenters. The second-order valence-corrected chi connectivity index (χ2v) is 4.13. The number of rotatable bonds is 5. The Bertz CT molecular complexity index is 374. The molecule has 0 fully saturated rings. The van der Waals surface area contributed by atoms with Crippen LogP contribution in [-0.4, -0.2) is 13.1 Å². The van der Waals surface area contributed by atoms with Gasteiger partial charge in [-0.1, -0.05) is 18.2 Å². The average Bonchev–Trinajstić information content (AvgIpc) is 2.21. The fraction of sp³-hybridized carbons (Fsp3) is 0.385. The minimum atomic E-state index is -0.211. The van der Waals surface area contributed by atoms with Gasteiger partial charge in [-0.3, -0.25) is 0 Å². The van der Waals surface area contributed by atoms with E-state index in [2.05, 4.69) is 11.9 Å². The van der Waals surface area contributed by atoms with E-state index >= 15 is 0 Å². The highest BCUT2D eigenvalue weighted by atomic mass is 19.1. The summed E-state index contributed by atoms with van der Waals surface area (Å²) in [6, 6.07) is 4.83. The second kappa shape index (κ2) is 5.77. The summed E-state index contributed by atoms with van der Waals surface area (Å²) in [4.78, 5) is 0. The normalized spacial score (nSPS) is 12.5. The molecule has 0 heterocycles. The zero-order valence-corrected chi connectivity index (χ0v) is 9.89. The summed E-state index contributed by atoms with van der Waals surface area (Å²) in [5.41, 5.74) is 8.73. The lowest BCUT2D eigenvalue weighted by Gasteiger charge is -2.19. The SMILES string of the molecule is C=C(C)CNC(CN)c1ccc(F)cc1C. The van der Waals surface area contributed by atoms with E-state index in [9.17, 15) is 4.39 Å². The smallest absolute Gasteiger partial charge is 0.123 e. The summed E-state index contributed by atoms with van der Waals surface area (Å²) in [5, 5.41) is 3.30. The highest BCUT2D eigenvalue weighted by Gasteiger charge is 2.11. The predicted octanol–water partition coefficient (Wildman–Crippen LogP) is 2.30. The van der Waals surface area contributed by atoms with Crippen LogP contribution >= 0.6 is 0 Å². The molecular weight excluding hydrogens is 203 g/mol. The van der Waals surface area contributed by atoms with Crippen LogP contribution in [0.25, 0.3) is 0 Å². The molecule has 16 heavy (non-hydrogen) atoms. The molecule has 3 N–H and O–H groups in total. The molecule has 0 amide bonds. The van der Waals surface area contributed by atoms with E-state index in [1.165, 1.54) is 12.1 Å². The summed E-state index contributed by atoms with van der Waals surface area (Å²) in [6.45, 7) is 8.88. The lowest BCUT2D eigenvalue weighted by Crippen LogP contribution is -2.29. The molecule has 88 valence electrons. The van der Waals surface area contributed by atoms with Crippen molar-refractivity contribution in [1.29, 1.82) is 0 Å². The Hall–Kier alpha value is -1.19. The monoisotopic (exact) mass is 222 g/mol. The molecule has 1 unspecified atom stereocenters. The number of hydrogen-bond acceptors (Lipinski definition) is 2. The first kappa shape index (κ1) is 12.9. The van der Waals surface area contributed by atoms with Crippen LogP contribution in [-0.2, 0) is 0 Å². The van der Waals surface area contributed by atoms with Crippen LogP contribution in [0.1, 0.15) is 24.1 Å². The molecule has 0 bridgehead atoms. The van der Waals surface area contributed by atoms with Crippen LogP contribution in [0.5, 0.6) is 0 Å². The Kier molecular flexibility index (Phi) is 4.65. The van der Waals surface area contributed by atoms with Gasteiger partial charge in [0.25, 0.3) is 0 Å². The Morgan fingerprint density at radius 2 is 2.25 bits per heavy atom. The number of hydrogen-bond donors (Lipinski definition) is 2. The van der Waals surface area contributed by atoms with Crippen LogP contribution in [0.15, 0.2) is 30.4 Å². The van der Waals surface area contributed by atoms with Gasteiger partial charge < -0.3 is 11.1 Å². The van der Waals surface area contributed by atoms with Gasteiger partial charge in [0.2, 0.25) is 0 Å². The van der Waals surface area contributed by atoms with Crippen molar-refractivity contribution in [2.24, 2.45) is 5.73 Å². The number of nitrogens with two attached hydrogens (primary N) is 1. The third-order valence-electron chi connectivity index (χ3n) is 2.49. The van der Waals surface area contributed by atoms with Gasteiger partial charge in [-0.25, -0.2) is 4.39 Å². The summed E-state index contributed by atoms with van der Waals surface area (Å²) in [6.07, 6.45) is 0. The van der Waals surface area contributed by atoms with Crippen LogP contribution in [0, 0.1) is 12.7 Å². The molecule has 0 radical (unpaired) electrons. The maximum atomic E-state index is 13.0. The molecule has 1 aromatic rings. The highest BCUT2D eigenvalue weighted by molar-refractivity contribution is 5.30. The van der Waals surface area contributed by atoms with Crippen molar-refractivity contribution in [2.45, 2.75) is 19.9 Å². The molecule has 0 aromatic heterocycles. The topological polar surface area (TPSA) is 38.0 Å². The first-order valence-electron chi connectivity index (χ1n) is 5.38. The fourth-order valence-electron chi connectivity index (χ4n) is 1.65. The zero-order chi connectivity index (χ0) is 12.1. The van der Waals surface area contributed by atoms with Crippen molar-refractivity contribution in [3.63, 3.8) is 0 Å². The van der Waals surface area contributed by atoms with E-state index in [0.29, 0.717) is 6.54 Å². The molecule has 1 aromatic carbocycles.